The molecule has 1 atom stereocenters. The molecule has 0 radical (unpaired) electrons. The van der Waals surface area contributed by atoms with E-state index < -0.39 is 27.5 Å². The number of urea groups is 1. The predicted molar refractivity (Wildman–Crippen MR) is 104 cm³/mol. The molecule has 28 heavy (non-hydrogen) atoms. The van der Waals surface area contributed by atoms with Crippen LogP contribution in [0.4, 0.5) is 4.79 Å². The van der Waals surface area contributed by atoms with Crippen molar-refractivity contribution >= 4 is 22.0 Å². The van der Waals surface area contributed by atoms with Crippen LogP contribution in [0.1, 0.15) is 49.3 Å². The highest BCUT2D eigenvalue weighted by atomic mass is 32.2. The third kappa shape index (κ3) is 2.57. The molecule has 6 nitrogen and oxygen atoms in total. The SMILES string of the molecule is CC(C)c1ccc(S(=O)(=O)N2C(=O)NC(=O)C23CCCc2ccccc23)cc1. The van der Waals surface area contributed by atoms with Gasteiger partial charge in [0.2, 0.25) is 0 Å². The molecule has 1 fully saturated rings. The third-order valence-corrected chi connectivity index (χ3v) is 7.49. The van der Waals surface area contributed by atoms with Crippen molar-refractivity contribution in [2.75, 3.05) is 0 Å². The van der Waals surface area contributed by atoms with Crippen LogP contribution in [0.15, 0.2) is 53.4 Å². The summed E-state index contributed by atoms with van der Waals surface area (Å²) in [5, 5.41) is 2.24. The normalized spacial score (nSPS) is 21.9. The topological polar surface area (TPSA) is 83.6 Å². The zero-order chi connectivity index (χ0) is 20.1. The monoisotopic (exact) mass is 398 g/mol. The molecule has 1 aliphatic carbocycles. The Morgan fingerprint density at radius 1 is 1.04 bits per heavy atom. The van der Waals surface area contributed by atoms with Gasteiger partial charge < -0.3 is 0 Å². The van der Waals surface area contributed by atoms with E-state index >= 15 is 0 Å². The third-order valence-electron chi connectivity index (χ3n) is 5.66. The molecule has 7 heteroatoms. The van der Waals surface area contributed by atoms with E-state index in [0.717, 1.165) is 21.9 Å². The first kappa shape index (κ1) is 18.7. The number of hydrogen-bond acceptors (Lipinski definition) is 4. The highest BCUT2D eigenvalue weighted by Gasteiger charge is 2.60. The summed E-state index contributed by atoms with van der Waals surface area (Å²) in [5.41, 5.74) is 0.959. The van der Waals surface area contributed by atoms with Crippen molar-refractivity contribution in [1.29, 1.82) is 0 Å². The molecule has 1 heterocycles. The summed E-state index contributed by atoms with van der Waals surface area (Å²) in [6, 6.07) is 12.9. The minimum Gasteiger partial charge on any atom is -0.275 e. The molecule has 146 valence electrons. The summed E-state index contributed by atoms with van der Waals surface area (Å²) in [6.07, 6.45) is 1.64. The smallest absolute Gasteiger partial charge is 0.275 e. The lowest BCUT2D eigenvalue weighted by Crippen LogP contribution is -2.51. The molecule has 1 unspecified atom stereocenters. The van der Waals surface area contributed by atoms with Crippen LogP contribution in [-0.2, 0) is 26.8 Å². The van der Waals surface area contributed by atoms with Crippen molar-refractivity contribution in [1.82, 2.24) is 9.62 Å². The second-order valence-electron chi connectivity index (χ2n) is 7.62. The number of sulfonamides is 1. The Hall–Kier alpha value is -2.67. The van der Waals surface area contributed by atoms with E-state index in [1.54, 1.807) is 24.3 Å². The second-order valence-corrected chi connectivity index (χ2v) is 9.41. The van der Waals surface area contributed by atoms with Crippen molar-refractivity contribution in [3.63, 3.8) is 0 Å². The maximum Gasteiger partial charge on any atom is 0.339 e. The van der Waals surface area contributed by atoms with Gasteiger partial charge in [0.1, 0.15) is 0 Å². The fraction of sp³-hybridized carbons (Fsp3) is 0.333. The Kier molecular flexibility index (Phi) is 4.30. The molecule has 1 saturated heterocycles. The van der Waals surface area contributed by atoms with E-state index in [1.807, 2.05) is 26.0 Å². The Balaban J connectivity index is 1.88. The van der Waals surface area contributed by atoms with Crippen molar-refractivity contribution in [2.24, 2.45) is 0 Å². The Bertz CT molecular complexity index is 1060. The van der Waals surface area contributed by atoms with Gasteiger partial charge in [0.15, 0.2) is 5.54 Å². The summed E-state index contributed by atoms with van der Waals surface area (Å²) in [4.78, 5) is 25.6. The predicted octanol–water partition coefficient (Wildman–Crippen LogP) is 3.28. The number of hydrogen-bond donors (Lipinski definition) is 1. The molecule has 1 aliphatic heterocycles. The van der Waals surface area contributed by atoms with E-state index in [0.29, 0.717) is 12.0 Å². The van der Waals surface area contributed by atoms with Crippen LogP contribution in [0.5, 0.6) is 0 Å². The Morgan fingerprint density at radius 2 is 1.71 bits per heavy atom. The standard InChI is InChI=1S/C21H22N2O4S/c1-14(2)15-9-11-17(12-10-15)28(26,27)23-20(25)22-19(24)21(23)13-5-7-16-6-3-4-8-18(16)21/h3-4,6,8-12,14H,5,7,13H2,1-2H3,(H,22,24,25). The number of nitrogens with zero attached hydrogens (tertiary/aromatic N) is 1. The summed E-state index contributed by atoms with van der Waals surface area (Å²) in [6.45, 7) is 4.04. The number of carbonyl (C=O) groups excluding carboxylic acids is 2. The lowest BCUT2D eigenvalue weighted by Gasteiger charge is -2.38. The summed E-state index contributed by atoms with van der Waals surface area (Å²) in [5.74, 6) is -0.322. The van der Waals surface area contributed by atoms with Crippen LogP contribution in [0.25, 0.3) is 0 Å². The van der Waals surface area contributed by atoms with E-state index in [-0.39, 0.29) is 17.2 Å². The highest BCUT2D eigenvalue weighted by Crippen LogP contribution is 2.45. The molecule has 0 saturated carbocycles. The van der Waals surface area contributed by atoms with Crippen LogP contribution in [0.2, 0.25) is 0 Å². The summed E-state index contributed by atoms with van der Waals surface area (Å²) in [7, 11) is -4.21. The molecule has 1 spiro atoms. The van der Waals surface area contributed by atoms with Gasteiger partial charge in [0.25, 0.3) is 15.9 Å². The minimum absolute atomic E-state index is 0.00387. The van der Waals surface area contributed by atoms with E-state index in [4.69, 9.17) is 0 Å². The lowest BCUT2D eigenvalue weighted by molar-refractivity contribution is -0.126. The van der Waals surface area contributed by atoms with Crippen LogP contribution >= 0.6 is 0 Å². The molecular formula is C21H22N2O4S. The van der Waals surface area contributed by atoms with Crippen LogP contribution < -0.4 is 5.32 Å². The molecule has 2 aromatic rings. The first-order valence-electron chi connectivity index (χ1n) is 9.37. The number of nitrogens with one attached hydrogen (secondary N) is 1. The van der Waals surface area contributed by atoms with E-state index in [2.05, 4.69) is 5.32 Å². The molecule has 3 amide bonds. The fourth-order valence-corrected chi connectivity index (χ4v) is 5.86. The minimum atomic E-state index is -4.21. The molecule has 2 aromatic carbocycles. The van der Waals surface area contributed by atoms with Gasteiger partial charge in [-0.15, -0.1) is 0 Å². The number of amides is 3. The van der Waals surface area contributed by atoms with Gasteiger partial charge in [0, 0.05) is 0 Å². The molecule has 4 rings (SSSR count). The van der Waals surface area contributed by atoms with Crippen molar-refractivity contribution in [3.05, 3.63) is 65.2 Å². The molecule has 2 aliphatic rings. The number of imide groups is 1. The van der Waals surface area contributed by atoms with Gasteiger partial charge in [-0.1, -0.05) is 50.2 Å². The second kappa shape index (κ2) is 6.44. The first-order chi connectivity index (χ1) is 13.3. The highest BCUT2D eigenvalue weighted by molar-refractivity contribution is 7.89. The van der Waals surface area contributed by atoms with Gasteiger partial charge >= 0.3 is 6.03 Å². The fourth-order valence-electron chi connectivity index (χ4n) is 4.22. The summed E-state index contributed by atoms with van der Waals surface area (Å²) >= 11 is 0. The maximum atomic E-state index is 13.5. The van der Waals surface area contributed by atoms with E-state index in [9.17, 15) is 18.0 Å². The van der Waals surface area contributed by atoms with Crippen molar-refractivity contribution < 1.29 is 18.0 Å². The largest absolute Gasteiger partial charge is 0.339 e. The number of benzene rings is 2. The van der Waals surface area contributed by atoms with Gasteiger partial charge in [-0.05, 0) is 54.0 Å². The number of rotatable bonds is 3. The summed E-state index contributed by atoms with van der Waals surface area (Å²) < 4.78 is 27.7. The Morgan fingerprint density at radius 3 is 2.39 bits per heavy atom. The van der Waals surface area contributed by atoms with Crippen molar-refractivity contribution in [3.8, 4) is 0 Å². The van der Waals surface area contributed by atoms with Crippen LogP contribution in [0.3, 0.4) is 0 Å². The van der Waals surface area contributed by atoms with E-state index in [1.165, 1.54) is 12.1 Å². The van der Waals surface area contributed by atoms with Gasteiger partial charge in [-0.2, -0.15) is 4.31 Å². The number of aryl methyl sites for hydroxylation is 1. The zero-order valence-corrected chi connectivity index (χ0v) is 16.6. The van der Waals surface area contributed by atoms with Gasteiger partial charge in [-0.3, -0.25) is 10.1 Å². The number of carbonyl (C=O) groups is 2. The first-order valence-corrected chi connectivity index (χ1v) is 10.8. The van der Waals surface area contributed by atoms with Crippen LogP contribution in [-0.4, -0.2) is 24.7 Å². The average molecular weight is 398 g/mol. The number of fused-ring (bicyclic) bond motifs is 2. The van der Waals surface area contributed by atoms with Crippen molar-refractivity contribution in [2.45, 2.75) is 49.5 Å². The van der Waals surface area contributed by atoms with Crippen LogP contribution in [0, 0.1) is 0 Å². The molecule has 1 N–H and O–H groups in total. The zero-order valence-electron chi connectivity index (χ0n) is 15.8. The molecule has 0 bridgehead atoms. The maximum absolute atomic E-state index is 13.5. The lowest BCUT2D eigenvalue weighted by atomic mass is 9.76. The van der Waals surface area contributed by atoms with Gasteiger partial charge in [-0.25, -0.2) is 13.2 Å². The van der Waals surface area contributed by atoms with Gasteiger partial charge in [0.05, 0.1) is 4.90 Å². The average Bonchev–Trinajstić information content (AvgIpc) is 2.93. The Labute approximate surface area is 164 Å². The quantitative estimate of drug-likeness (QED) is 0.804. The molecule has 0 aromatic heterocycles. The molecular weight excluding hydrogens is 376 g/mol.